The summed E-state index contributed by atoms with van der Waals surface area (Å²) in [5.74, 6) is -0.0486. The molecular formula is C19H19ClN2O. The minimum absolute atomic E-state index is 0.0486. The Hall–Kier alpha value is -2.26. The molecule has 118 valence electrons. The average molecular weight is 327 g/mol. The monoisotopic (exact) mass is 326 g/mol. The van der Waals surface area contributed by atoms with Crippen LogP contribution in [0.15, 0.2) is 48.7 Å². The molecule has 1 aromatic heterocycles. The van der Waals surface area contributed by atoms with Gasteiger partial charge in [-0.05, 0) is 66.3 Å². The van der Waals surface area contributed by atoms with Crippen LogP contribution in [0, 0.1) is 6.92 Å². The number of nitrogens with one attached hydrogen (secondary N) is 1. The van der Waals surface area contributed by atoms with Crippen molar-refractivity contribution in [1.29, 1.82) is 0 Å². The molecule has 0 saturated carbocycles. The van der Waals surface area contributed by atoms with E-state index < -0.39 is 0 Å². The fraction of sp³-hybridized carbons (Fsp3) is 0.211. The van der Waals surface area contributed by atoms with Gasteiger partial charge in [0, 0.05) is 22.4 Å². The predicted octanol–water partition coefficient (Wildman–Crippen LogP) is 4.80. The number of carbonyl (C=O) groups excluding carboxylic acids is 1. The van der Waals surface area contributed by atoms with E-state index in [0.29, 0.717) is 5.02 Å². The van der Waals surface area contributed by atoms with Gasteiger partial charge in [-0.15, -0.1) is 0 Å². The molecule has 1 N–H and O–H groups in total. The van der Waals surface area contributed by atoms with E-state index >= 15 is 0 Å². The van der Waals surface area contributed by atoms with Crippen molar-refractivity contribution in [1.82, 2.24) is 4.57 Å². The highest BCUT2D eigenvalue weighted by atomic mass is 35.5. The smallest absolute Gasteiger partial charge is 0.244 e. The zero-order valence-corrected chi connectivity index (χ0v) is 14.0. The van der Waals surface area contributed by atoms with Crippen LogP contribution in [0.2, 0.25) is 5.02 Å². The Balaban J connectivity index is 1.77. The van der Waals surface area contributed by atoms with Crippen LogP contribution in [0.5, 0.6) is 0 Å². The summed E-state index contributed by atoms with van der Waals surface area (Å²) >= 11 is 5.94. The number of aromatic nitrogens is 1. The molecule has 1 heterocycles. The molecule has 0 aliphatic heterocycles. The molecule has 2 aromatic carbocycles. The lowest BCUT2D eigenvalue weighted by molar-refractivity contribution is -0.116. The van der Waals surface area contributed by atoms with Crippen molar-refractivity contribution < 1.29 is 4.79 Å². The van der Waals surface area contributed by atoms with Gasteiger partial charge < -0.3 is 9.88 Å². The number of halogens is 1. The fourth-order valence-corrected chi connectivity index (χ4v) is 2.95. The van der Waals surface area contributed by atoms with Gasteiger partial charge in [-0.2, -0.15) is 0 Å². The number of rotatable bonds is 4. The Morgan fingerprint density at radius 3 is 2.74 bits per heavy atom. The number of hydrogen-bond donors (Lipinski definition) is 1. The lowest BCUT2D eigenvalue weighted by Crippen LogP contribution is -2.18. The maximum absolute atomic E-state index is 12.3. The average Bonchev–Trinajstić information content (AvgIpc) is 2.92. The van der Waals surface area contributed by atoms with Crippen molar-refractivity contribution in [2.75, 3.05) is 5.32 Å². The second-order valence-electron chi connectivity index (χ2n) is 5.70. The van der Waals surface area contributed by atoms with Gasteiger partial charge in [0.05, 0.1) is 0 Å². The lowest BCUT2D eigenvalue weighted by Gasteiger charge is -2.10. The van der Waals surface area contributed by atoms with Gasteiger partial charge in [-0.1, -0.05) is 24.6 Å². The summed E-state index contributed by atoms with van der Waals surface area (Å²) in [6.07, 6.45) is 2.97. The molecule has 0 aliphatic rings. The standard InChI is InChI=1S/C19H19ClN2O/c1-3-14-4-7-18-15(11-14)8-9-22(18)12-19(23)21-17-6-5-16(20)10-13(17)2/h4-11H,3,12H2,1-2H3,(H,21,23). The summed E-state index contributed by atoms with van der Waals surface area (Å²) in [6.45, 7) is 4.36. The second kappa shape index (κ2) is 6.47. The molecule has 0 saturated heterocycles. The van der Waals surface area contributed by atoms with Crippen LogP contribution in [0.1, 0.15) is 18.1 Å². The van der Waals surface area contributed by atoms with Crippen LogP contribution in [0.25, 0.3) is 10.9 Å². The van der Waals surface area contributed by atoms with Crippen molar-refractivity contribution in [3.05, 3.63) is 64.8 Å². The molecule has 1 amide bonds. The van der Waals surface area contributed by atoms with Crippen molar-refractivity contribution in [3.8, 4) is 0 Å². The van der Waals surface area contributed by atoms with E-state index in [-0.39, 0.29) is 12.5 Å². The first kappa shape index (κ1) is 15.6. The number of anilines is 1. The molecule has 0 radical (unpaired) electrons. The molecule has 0 unspecified atom stereocenters. The molecule has 0 spiro atoms. The first-order valence-electron chi connectivity index (χ1n) is 7.70. The Morgan fingerprint density at radius 2 is 2.00 bits per heavy atom. The number of amides is 1. The maximum Gasteiger partial charge on any atom is 0.244 e. The molecule has 0 aliphatic carbocycles. The Kier molecular flexibility index (Phi) is 4.39. The molecule has 3 rings (SSSR count). The molecule has 3 nitrogen and oxygen atoms in total. The van der Waals surface area contributed by atoms with Crippen LogP contribution >= 0.6 is 11.6 Å². The molecule has 23 heavy (non-hydrogen) atoms. The summed E-state index contributed by atoms with van der Waals surface area (Å²) < 4.78 is 1.97. The van der Waals surface area contributed by atoms with Crippen LogP contribution in [0.4, 0.5) is 5.69 Å². The minimum Gasteiger partial charge on any atom is -0.338 e. The lowest BCUT2D eigenvalue weighted by atomic mass is 10.1. The third kappa shape index (κ3) is 3.40. The van der Waals surface area contributed by atoms with E-state index in [9.17, 15) is 4.79 Å². The van der Waals surface area contributed by atoms with Crippen molar-refractivity contribution >= 4 is 34.1 Å². The summed E-state index contributed by atoms with van der Waals surface area (Å²) in [5, 5.41) is 4.78. The molecule has 0 atom stereocenters. The van der Waals surface area contributed by atoms with Gasteiger partial charge in [-0.3, -0.25) is 4.79 Å². The van der Waals surface area contributed by atoms with Crippen molar-refractivity contribution in [2.45, 2.75) is 26.8 Å². The summed E-state index contributed by atoms with van der Waals surface area (Å²) in [7, 11) is 0. The van der Waals surface area contributed by atoms with Crippen LogP contribution < -0.4 is 5.32 Å². The quantitative estimate of drug-likeness (QED) is 0.734. The topological polar surface area (TPSA) is 34.0 Å². The van der Waals surface area contributed by atoms with Crippen molar-refractivity contribution in [2.24, 2.45) is 0 Å². The number of carbonyl (C=O) groups is 1. The zero-order valence-electron chi connectivity index (χ0n) is 13.3. The van der Waals surface area contributed by atoms with Gasteiger partial charge in [0.25, 0.3) is 0 Å². The van der Waals surface area contributed by atoms with Gasteiger partial charge in [0.1, 0.15) is 6.54 Å². The van der Waals surface area contributed by atoms with Crippen LogP contribution in [0.3, 0.4) is 0 Å². The Bertz CT molecular complexity index is 867. The number of aryl methyl sites for hydroxylation is 2. The molecule has 4 heteroatoms. The van der Waals surface area contributed by atoms with E-state index in [0.717, 1.165) is 23.2 Å². The first-order valence-corrected chi connectivity index (χ1v) is 8.08. The Labute approximate surface area is 140 Å². The maximum atomic E-state index is 12.3. The normalized spacial score (nSPS) is 10.9. The van der Waals surface area contributed by atoms with Crippen LogP contribution in [-0.4, -0.2) is 10.5 Å². The molecule has 0 bridgehead atoms. The predicted molar refractivity (Wildman–Crippen MR) is 96.1 cm³/mol. The third-order valence-electron chi connectivity index (χ3n) is 4.02. The molecule has 3 aromatic rings. The number of nitrogens with zero attached hydrogens (tertiary/aromatic N) is 1. The number of benzene rings is 2. The minimum atomic E-state index is -0.0486. The van der Waals surface area contributed by atoms with Gasteiger partial charge >= 0.3 is 0 Å². The van der Waals surface area contributed by atoms with Gasteiger partial charge in [0.2, 0.25) is 5.91 Å². The summed E-state index contributed by atoms with van der Waals surface area (Å²) in [5.41, 5.74) is 4.13. The van der Waals surface area contributed by atoms with E-state index in [1.165, 1.54) is 10.9 Å². The summed E-state index contributed by atoms with van der Waals surface area (Å²) in [4.78, 5) is 12.3. The SMILES string of the molecule is CCc1ccc2c(ccn2CC(=O)Nc2ccc(Cl)cc2C)c1. The Morgan fingerprint density at radius 1 is 1.17 bits per heavy atom. The highest BCUT2D eigenvalue weighted by molar-refractivity contribution is 6.30. The van der Waals surface area contributed by atoms with Gasteiger partial charge in [-0.25, -0.2) is 0 Å². The van der Waals surface area contributed by atoms with E-state index in [1.54, 1.807) is 6.07 Å². The van der Waals surface area contributed by atoms with E-state index in [2.05, 4.69) is 36.5 Å². The van der Waals surface area contributed by atoms with E-state index in [1.807, 2.05) is 29.8 Å². The first-order chi connectivity index (χ1) is 11.1. The number of fused-ring (bicyclic) bond motifs is 1. The summed E-state index contributed by atoms with van der Waals surface area (Å²) in [6, 6.07) is 13.9. The highest BCUT2D eigenvalue weighted by Gasteiger charge is 2.08. The molecule has 0 fully saturated rings. The zero-order chi connectivity index (χ0) is 16.4. The molecular weight excluding hydrogens is 308 g/mol. The fourth-order valence-electron chi connectivity index (χ4n) is 2.72. The van der Waals surface area contributed by atoms with E-state index in [4.69, 9.17) is 11.6 Å². The number of hydrogen-bond acceptors (Lipinski definition) is 1. The van der Waals surface area contributed by atoms with Crippen molar-refractivity contribution in [3.63, 3.8) is 0 Å². The highest BCUT2D eigenvalue weighted by Crippen LogP contribution is 2.21. The third-order valence-corrected chi connectivity index (χ3v) is 4.26. The van der Waals surface area contributed by atoms with Gasteiger partial charge in [0.15, 0.2) is 0 Å². The van der Waals surface area contributed by atoms with Crippen LogP contribution in [-0.2, 0) is 17.8 Å². The second-order valence-corrected chi connectivity index (χ2v) is 6.13. The largest absolute Gasteiger partial charge is 0.338 e.